The molecule has 1 aromatic rings. The number of hydrogen-bond donors (Lipinski definition) is 1. The van der Waals surface area contributed by atoms with Crippen LogP contribution in [-0.2, 0) is 10.0 Å². The van der Waals surface area contributed by atoms with Crippen molar-refractivity contribution in [1.82, 2.24) is 9.21 Å². The molecule has 2 fully saturated rings. The van der Waals surface area contributed by atoms with Crippen molar-refractivity contribution in [3.05, 3.63) is 29.3 Å². The summed E-state index contributed by atoms with van der Waals surface area (Å²) in [5.74, 6) is 0. The Bertz CT molecular complexity index is 627. The summed E-state index contributed by atoms with van der Waals surface area (Å²) < 4.78 is 26.9. The summed E-state index contributed by atoms with van der Waals surface area (Å²) in [5.41, 5.74) is 0. The minimum absolute atomic E-state index is 0.198. The zero-order chi connectivity index (χ0) is 16.4. The maximum Gasteiger partial charge on any atom is 0.243 e. The number of likely N-dealkylation sites (tertiary alicyclic amines) is 1. The van der Waals surface area contributed by atoms with Gasteiger partial charge in [0.15, 0.2) is 0 Å². The first-order valence-corrected chi connectivity index (χ1v) is 9.96. The van der Waals surface area contributed by atoms with Gasteiger partial charge in [-0.1, -0.05) is 11.6 Å². The van der Waals surface area contributed by atoms with E-state index in [1.165, 1.54) is 0 Å². The molecule has 0 aromatic heterocycles. The van der Waals surface area contributed by atoms with Gasteiger partial charge in [-0.25, -0.2) is 8.42 Å². The SMILES string of the molecule is O=S(=O)(c1ccc(Cl)cc1)N1CCC(N2CCC[C@H]2CO)CC1. The van der Waals surface area contributed by atoms with E-state index in [-0.39, 0.29) is 12.6 Å². The van der Waals surface area contributed by atoms with Crippen molar-refractivity contribution in [2.45, 2.75) is 42.7 Å². The third-order valence-electron chi connectivity index (χ3n) is 4.98. The summed E-state index contributed by atoms with van der Waals surface area (Å²) in [6.07, 6.45) is 3.81. The zero-order valence-electron chi connectivity index (χ0n) is 13.1. The van der Waals surface area contributed by atoms with Crippen LogP contribution in [0.15, 0.2) is 29.2 Å². The van der Waals surface area contributed by atoms with Gasteiger partial charge in [-0.05, 0) is 56.5 Å². The molecule has 0 aliphatic carbocycles. The highest BCUT2D eigenvalue weighted by atomic mass is 35.5. The molecule has 7 heteroatoms. The summed E-state index contributed by atoms with van der Waals surface area (Å²) in [4.78, 5) is 2.67. The molecule has 23 heavy (non-hydrogen) atoms. The summed E-state index contributed by atoms with van der Waals surface area (Å²) in [7, 11) is -3.44. The number of rotatable bonds is 4. The van der Waals surface area contributed by atoms with Crippen LogP contribution in [0.2, 0.25) is 5.02 Å². The summed E-state index contributed by atoms with van der Waals surface area (Å²) in [6.45, 7) is 2.28. The second-order valence-electron chi connectivity index (χ2n) is 6.31. The lowest BCUT2D eigenvalue weighted by atomic mass is 10.0. The van der Waals surface area contributed by atoms with Gasteiger partial charge in [-0.2, -0.15) is 4.31 Å². The van der Waals surface area contributed by atoms with E-state index in [0.29, 0.717) is 29.0 Å². The molecule has 1 N–H and O–H groups in total. The van der Waals surface area contributed by atoms with E-state index in [9.17, 15) is 13.5 Å². The predicted octanol–water partition coefficient (Wildman–Crippen LogP) is 1.95. The maximum atomic E-state index is 12.7. The minimum atomic E-state index is -3.44. The van der Waals surface area contributed by atoms with Crippen LogP contribution in [-0.4, -0.2) is 61.1 Å². The minimum Gasteiger partial charge on any atom is -0.395 e. The van der Waals surface area contributed by atoms with Crippen LogP contribution < -0.4 is 0 Å². The van der Waals surface area contributed by atoms with Crippen LogP contribution in [0, 0.1) is 0 Å². The van der Waals surface area contributed by atoms with Crippen LogP contribution in [0.25, 0.3) is 0 Å². The van der Waals surface area contributed by atoms with Crippen molar-refractivity contribution >= 4 is 21.6 Å². The first-order chi connectivity index (χ1) is 11.0. The number of nitrogens with zero attached hydrogens (tertiary/aromatic N) is 2. The van der Waals surface area contributed by atoms with Crippen molar-refractivity contribution in [1.29, 1.82) is 0 Å². The summed E-state index contributed by atoms with van der Waals surface area (Å²) >= 11 is 5.83. The molecule has 2 saturated heterocycles. The van der Waals surface area contributed by atoms with Gasteiger partial charge in [0.05, 0.1) is 11.5 Å². The fraction of sp³-hybridized carbons (Fsp3) is 0.625. The molecule has 0 radical (unpaired) electrons. The van der Waals surface area contributed by atoms with E-state index in [0.717, 1.165) is 32.2 Å². The van der Waals surface area contributed by atoms with Crippen molar-refractivity contribution in [2.24, 2.45) is 0 Å². The lowest BCUT2D eigenvalue weighted by Crippen LogP contribution is -2.48. The van der Waals surface area contributed by atoms with Gasteiger partial charge in [0.2, 0.25) is 10.0 Å². The van der Waals surface area contributed by atoms with E-state index < -0.39 is 10.0 Å². The lowest BCUT2D eigenvalue weighted by molar-refractivity contribution is 0.0899. The van der Waals surface area contributed by atoms with Crippen molar-refractivity contribution < 1.29 is 13.5 Å². The molecule has 0 spiro atoms. The Hall–Kier alpha value is -0.660. The predicted molar refractivity (Wildman–Crippen MR) is 90.0 cm³/mol. The number of halogens is 1. The van der Waals surface area contributed by atoms with E-state index >= 15 is 0 Å². The molecular weight excluding hydrogens is 336 g/mol. The molecule has 0 amide bonds. The molecule has 1 aromatic carbocycles. The fourth-order valence-electron chi connectivity index (χ4n) is 3.70. The van der Waals surface area contributed by atoms with Gasteiger partial charge in [-0.15, -0.1) is 0 Å². The van der Waals surface area contributed by atoms with Crippen molar-refractivity contribution in [3.63, 3.8) is 0 Å². The largest absolute Gasteiger partial charge is 0.395 e. The molecule has 2 aliphatic rings. The Morgan fingerprint density at radius 2 is 1.74 bits per heavy atom. The van der Waals surface area contributed by atoms with Crippen LogP contribution in [0.3, 0.4) is 0 Å². The molecule has 0 bridgehead atoms. The highest BCUT2D eigenvalue weighted by Crippen LogP contribution is 2.28. The van der Waals surface area contributed by atoms with E-state index in [2.05, 4.69) is 4.90 Å². The molecule has 3 rings (SSSR count). The monoisotopic (exact) mass is 358 g/mol. The van der Waals surface area contributed by atoms with Crippen LogP contribution in [0.5, 0.6) is 0 Å². The first kappa shape index (κ1) is 17.2. The van der Waals surface area contributed by atoms with Gasteiger partial charge >= 0.3 is 0 Å². The standard InChI is InChI=1S/C16H23ClN2O3S/c17-13-3-5-16(6-4-13)23(21,22)18-10-7-14(8-11-18)19-9-1-2-15(19)12-20/h3-6,14-15,20H,1-2,7-12H2/t15-/m0/s1. The Morgan fingerprint density at radius 1 is 1.09 bits per heavy atom. The molecule has 128 valence electrons. The highest BCUT2D eigenvalue weighted by molar-refractivity contribution is 7.89. The first-order valence-electron chi connectivity index (χ1n) is 8.14. The van der Waals surface area contributed by atoms with E-state index in [1.807, 2.05) is 0 Å². The van der Waals surface area contributed by atoms with Crippen LogP contribution in [0.4, 0.5) is 0 Å². The van der Waals surface area contributed by atoms with Gasteiger partial charge in [0.1, 0.15) is 0 Å². The van der Waals surface area contributed by atoms with Crippen LogP contribution >= 0.6 is 11.6 Å². The fourth-order valence-corrected chi connectivity index (χ4v) is 5.30. The number of aliphatic hydroxyl groups excluding tert-OH is 1. The van der Waals surface area contributed by atoms with E-state index in [1.54, 1.807) is 28.6 Å². The number of benzene rings is 1. The average Bonchev–Trinajstić information content (AvgIpc) is 3.04. The lowest BCUT2D eigenvalue weighted by Gasteiger charge is -2.38. The molecular formula is C16H23ClN2O3S. The van der Waals surface area contributed by atoms with Gasteiger partial charge in [-0.3, -0.25) is 4.90 Å². The number of hydrogen-bond acceptors (Lipinski definition) is 4. The maximum absolute atomic E-state index is 12.7. The van der Waals surface area contributed by atoms with Gasteiger partial charge in [0, 0.05) is 30.2 Å². The Kier molecular flexibility index (Phi) is 5.28. The number of sulfonamides is 1. The number of aliphatic hydroxyl groups is 1. The summed E-state index contributed by atoms with van der Waals surface area (Å²) in [5, 5.41) is 9.99. The smallest absolute Gasteiger partial charge is 0.243 e. The molecule has 5 nitrogen and oxygen atoms in total. The molecule has 0 saturated carbocycles. The Morgan fingerprint density at radius 3 is 2.35 bits per heavy atom. The second kappa shape index (κ2) is 7.07. The molecule has 2 aliphatic heterocycles. The number of piperidine rings is 1. The average molecular weight is 359 g/mol. The second-order valence-corrected chi connectivity index (χ2v) is 8.68. The van der Waals surface area contributed by atoms with Crippen LogP contribution in [0.1, 0.15) is 25.7 Å². The molecule has 2 heterocycles. The van der Waals surface area contributed by atoms with Gasteiger partial charge < -0.3 is 5.11 Å². The zero-order valence-corrected chi connectivity index (χ0v) is 14.6. The van der Waals surface area contributed by atoms with E-state index in [4.69, 9.17) is 11.6 Å². The summed E-state index contributed by atoms with van der Waals surface area (Å²) in [6, 6.07) is 6.97. The van der Waals surface area contributed by atoms with Crippen molar-refractivity contribution in [3.8, 4) is 0 Å². The Labute approximate surface area is 142 Å². The molecule has 0 unspecified atom stereocenters. The normalized spacial score (nSPS) is 25.0. The topological polar surface area (TPSA) is 60.9 Å². The quantitative estimate of drug-likeness (QED) is 0.893. The van der Waals surface area contributed by atoms with Gasteiger partial charge in [0.25, 0.3) is 0 Å². The third kappa shape index (κ3) is 3.56. The third-order valence-corrected chi connectivity index (χ3v) is 7.14. The molecule has 1 atom stereocenters. The highest BCUT2D eigenvalue weighted by Gasteiger charge is 2.35. The Balaban J connectivity index is 1.65. The van der Waals surface area contributed by atoms with Crippen molar-refractivity contribution in [2.75, 3.05) is 26.2 Å².